The molecule has 0 aliphatic heterocycles. The molecule has 0 bridgehead atoms. The van der Waals surface area contributed by atoms with Gasteiger partial charge in [0.1, 0.15) is 0 Å². The van der Waals surface area contributed by atoms with Crippen LogP contribution >= 0.6 is 0 Å². The Bertz CT molecular complexity index is 375. The van der Waals surface area contributed by atoms with Gasteiger partial charge in [0, 0.05) is 31.9 Å². The molecule has 0 saturated heterocycles. The standard InChI is InChI=1S/C16H31N3O2/c1-6-13(5)19-11-10-14(18-19)12-15(17-7-2)16(20-8-3)21-9-4/h10-11,13,15-17H,6-9,12H2,1-5H3. The molecule has 21 heavy (non-hydrogen) atoms. The van der Waals surface area contributed by atoms with Crippen LogP contribution in [0.25, 0.3) is 0 Å². The van der Waals surface area contributed by atoms with E-state index in [-0.39, 0.29) is 12.3 Å². The fraction of sp³-hybridized carbons (Fsp3) is 0.812. The Kier molecular flexibility index (Phi) is 8.57. The van der Waals surface area contributed by atoms with Crippen LogP contribution in [0.3, 0.4) is 0 Å². The Balaban J connectivity index is 2.73. The largest absolute Gasteiger partial charge is 0.351 e. The zero-order valence-corrected chi connectivity index (χ0v) is 14.1. The molecule has 1 aromatic heterocycles. The highest BCUT2D eigenvalue weighted by molar-refractivity contribution is 5.03. The summed E-state index contributed by atoms with van der Waals surface area (Å²) in [6, 6.07) is 2.65. The fourth-order valence-electron chi connectivity index (χ4n) is 2.28. The van der Waals surface area contributed by atoms with Gasteiger partial charge in [0.2, 0.25) is 0 Å². The minimum Gasteiger partial charge on any atom is -0.351 e. The highest BCUT2D eigenvalue weighted by Gasteiger charge is 2.23. The summed E-state index contributed by atoms with van der Waals surface area (Å²) >= 11 is 0. The lowest BCUT2D eigenvalue weighted by Gasteiger charge is -2.26. The van der Waals surface area contributed by atoms with Gasteiger partial charge in [0.05, 0.1) is 11.7 Å². The first-order valence-electron chi connectivity index (χ1n) is 8.16. The van der Waals surface area contributed by atoms with Crippen LogP contribution in [-0.2, 0) is 15.9 Å². The molecule has 2 unspecified atom stereocenters. The highest BCUT2D eigenvalue weighted by atomic mass is 16.7. The summed E-state index contributed by atoms with van der Waals surface area (Å²) < 4.78 is 13.5. The van der Waals surface area contributed by atoms with E-state index in [2.05, 4.69) is 43.4 Å². The Morgan fingerprint density at radius 3 is 2.38 bits per heavy atom. The van der Waals surface area contributed by atoms with Crippen molar-refractivity contribution in [3.05, 3.63) is 18.0 Å². The Morgan fingerprint density at radius 2 is 1.86 bits per heavy atom. The second-order valence-corrected chi connectivity index (χ2v) is 5.19. The van der Waals surface area contributed by atoms with Crippen LogP contribution in [0.1, 0.15) is 52.8 Å². The molecule has 0 radical (unpaired) electrons. The van der Waals surface area contributed by atoms with Gasteiger partial charge in [-0.3, -0.25) is 4.68 Å². The van der Waals surface area contributed by atoms with Crippen LogP contribution < -0.4 is 5.32 Å². The molecule has 1 heterocycles. The van der Waals surface area contributed by atoms with Crippen molar-refractivity contribution in [2.24, 2.45) is 0 Å². The van der Waals surface area contributed by atoms with E-state index in [0.29, 0.717) is 19.3 Å². The van der Waals surface area contributed by atoms with Gasteiger partial charge in [-0.25, -0.2) is 0 Å². The molecule has 122 valence electrons. The fourth-order valence-corrected chi connectivity index (χ4v) is 2.28. The molecule has 0 aromatic carbocycles. The predicted molar refractivity (Wildman–Crippen MR) is 85.4 cm³/mol. The third-order valence-corrected chi connectivity index (χ3v) is 3.59. The summed E-state index contributed by atoms with van der Waals surface area (Å²) in [6.07, 6.45) is 3.72. The molecule has 0 amide bonds. The summed E-state index contributed by atoms with van der Waals surface area (Å²) in [4.78, 5) is 0. The molecule has 0 aliphatic carbocycles. The van der Waals surface area contributed by atoms with Gasteiger partial charge < -0.3 is 14.8 Å². The molecule has 1 N–H and O–H groups in total. The van der Waals surface area contributed by atoms with Crippen molar-refractivity contribution in [2.75, 3.05) is 19.8 Å². The normalized spacial score (nSPS) is 14.6. The summed E-state index contributed by atoms with van der Waals surface area (Å²) in [6.45, 7) is 12.6. The smallest absolute Gasteiger partial charge is 0.173 e. The first kappa shape index (κ1) is 18.1. The summed E-state index contributed by atoms with van der Waals surface area (Å²) in [5, 5.41) is 8.13. The predicted octanol–water partition coefficient (Wildman–Crippen LogP) is 2.77. The molecule has 0 aliphatic rings. The maximum absolute atomic E-state index is 5.73. The second kappa shape index (κ2) is 9.92. The number of likely N-dealkylation sites (N-methyl/N-ethyl adjacent to an activating group) is 1. The molecule has 2 atom stereocenters. The van der Waals surface area contributed by atoms with Gasteiger partial charge in [0.25, 0.3) is 0 Å². The first-order chi connectivity index (χ1) is 10.2. The molecule has 0 fully saturated rings. The number of rotatable bonds is 11. The lowest BCUT2D eigenvalue weighted by atomic mass is 10.1. The Morgan fingerprint density at radius 1 is 1.19 bits per heavy atom. The number of nitrogens with one attached hydrogen (secondary N) is 1. The van der Waals surface area contributed by atoms with Crippen molar-refractivity contribution >= 4 is 0 Å². The molecular formula is C16H31N3O2. The number of hydrogen-bond acceptors (Lipinski definition) is 4. The average Bonchev–Trinajstić information content (AvgIpc) is 2.94. The van der Waals surface area contributed by atoms with E-state index >= 15 is 0 Å². The van der Waals surface area contributed by atoms with E-state index < -0.39 is 0 Å². The van der Waals surface area contributed by atoms with E-state index in [1.807, 2.05) is 18.5 Å². The highest BCUT2D eigenvalue weighted by Crippen LogP contribution is 2.13. The topological polar surface area (TPSA) is 48.3 Å². The van der Waals surface area contributed by atoms with E-state index in [4.69, 9.17) is 9.47 Å². The van der Waals surface area contributed by atoms with Gasteiger partial charge in [-0.15, -0.1) is 0 Å². The molecule has 0 spiro atoms. The van der Waals surface area contributed by atoms with Gasteiger partial charge in [0.15, 0.2) is 6.29 Å². The second-order valence-electron chi connectivity index (χ2n) is 5.19. The van der Waals surface area contributed by atoms with Crippen molar-refractivity contribution in [2.45, 2.75) is 65.8 Å². The van der Waals surface area contributed by atoms with E-state index in [1.165, 1.54) is 0 Å². The quantitative estimate of drug-likeness (QED) is 0.638. The average molecular weight is 297 g/mol. The van der Waals surface area contributed by atoms with E-state index in [1.54, 1.807) is 0 Å². The van der Waals surface area contributed by atoms with Gasteiger partial charge in [-0.05, 0) is 39.8 Å². The molecule has 1 aromatic rings. The lowest BCUT2D eigenvalue weighted by molar-refractivity contribution is -0.153. The van der Waals surface area contributed by atoms with Gasteiger partial charge >= 0.3 is 0 Å². The number of nitrogens with zero attached hydrogens (tertiary/aromatic N) is 2. The first-order valence-corrected chi connectivity index (χ1v) is 8.16. The third-order valence-electron chi connectivity index (χ3n) is 3.59. The monoisotopic (exact) mass is 297 g/mol. The SMILES string of the molecule is CCNC(Cc1ccn(C(C)CC)n1)C(OCC)OCC. The Labute approximate surface area is 129 Å². The minimum absolute atomic E-state index is 0.121. The van der Waals surface area contributed by atoms with Crippen LogP contribution in [0, 0.1) is 0 Å². The van der Waals surface area contributed by atoms with Crippen molar-refractivity contribution in [3.8, 4) is 0 Å². The van der Waals surface area contributed by atoms with Crippen molar-refractivity contribution in [1.29, 1.82) is 0 Å². The van der Waals surface area contributed by atoms with Crippen LogP contribution in [-0.4, -0.2) is 41.9 Å². The summed E-state index contributed by atoms with van der Waals surface area (Å²) in [5.74, 6) is 0. The molecule has 5 nitrogen and oxygen atoms in total. The third kappa shape index (κ3) is 5.77. The van der Waals surface area contributed by atoms with E-state index in [9.17, 15) is 0 Å². The lowest BCUT2D eigenvalue weighted by Crippen LogP contribution is -2.44. The van der Waals surface area contributed by atoms with Crippen LogP contribution in [0.2, 0.25) is 0 Å². The number of ether oxygens (including phenoxy) is 2. The van der Waals surface area contributed by atoms with Gasteiger partial charge in [-0.1, -0.05) is 13.8 Å². The number of aromatic nitrogens is 2. The zero-order valence-electron chi connectivity index (χ0n) is 14.1. The molecular weight excluding hydrogens is 266 g/mol. The molecule has 5 heteroatoms. The summed E-state index contributed by atoms with van der Waals surface area (Å²) in [7, 11) is 0. The van der Waals surface area contributed by atoms with Crippen LogP contribution in [0.15, 0.2) is 12.3 Å². The maximum atomic E-state index is 5.73. The minimum atomic E-state index is -0.228. The molecule has 0 saturated carbocycles. The number of hydrogen-bond donors (Lipinski definition) is 1. The molecule has 1 rings (SSSR count). The zero-order chi connectivity index (χ0) is 15.7. The van der Waals surface area contributed by atoms with Crippen molar-refractivity contribution in [3.63, 3.8) is 0 Å². The van der Waals surface area contributed by atoms with E-state index in [0.717, 1.165) is 25.1 Å². The van der Waals surface area contributed by atoms with Crippen LogP contribution in [0.4, 0.5) is 0 Å². The van der Waals surface area contributed by atoms with Crippen molar-refractivity contribution in [1.82, 2.24) is 15.1 Å². The van der Waals surface area contributed by atoms with Crippen LogP contribution in [0.5, 0.6) is 0 Å². The summed E-state index contributed by atoms with van der Waals surface area (Å²) in [5.41, 5.74) is 1.07. The Hall–Kier alpha value is -0.910. The maximum Gasteiger partial charge on any atom is 0.173 e. The van der Waals surface area contributed by atoms with Crippen molar-refractivity contribution < 1.29 is 9.47 Å². The van der Waals surface area contributed by atoms with Gasteiger partial charge in [-0.2, -0.15) is 5.10 Å².